The van der Waals surface area contributed by atoms with Crippen molar-refractivity contribution in [3.63, 3.8) is 0 Å². The first-order chi connectivity index (χ1) is 6.70. The molecule has 0 bridgehead atoms. The van der Waals surface area contributed by atoms with E-state index in [9.17, 15) is 4.79 Å². The molecule has 0 aromatic heterocycles. The monoisotopic (exact) mass is 196 g/mol. The number of nitrogens with one attached hydrogen (secondary N) is 1. The molecule has 0 aliphatic heterocycles. The Hall–Kier alpha value is -1.29. The molecule has 1 unspecified atom stereocenters. The van der Waals surface area contributed by atoms with Gasteiger partial charge >= 0.3 is 6.03 Å². The molecule has 0 saturated heterocycles. The molecular weight excluding hydrogens is 180 g/mol. The van der Waals surface area contributed by atoms with Crippen LogP contribution in [0, 0.1) is 5.92 Å². The molecule has 1 atom stereocenters. The first-order valence-corrected chi connectivity index (χ1v) is 4.63. The standard InChI is InChI=1S/C10H16N2O2/c1-8-6-4-5-7-9(8)12(14-3)10(13)11-2/h4-5,7-8H,6H2,1-3H3,(H,11,13). The molecule has 0 heterocycles. The fourth-order valence-electron chi connectivity index (χ4n) is 1.41. The lowest BCUT2D eigenvalue weighted by Crippen LogP contribution is -2.38. The first kappa shape index (κ1) is 10.8. The average molecular weight is 196 g/mol. The lowest BCUT2D eigenvalue weighted by Gasteiger charge is -2.27. The Morgan fingerprint density at radius 3 is 2.93 bits per heavy atom. The van der Waals surface area contributed by atoms with Crippen LogP contribution in [0.3, 0.4) is 0 Å². The van der Waals surface area contributed by atoms with Gasteiger partial charge in [-0.3, -0.25) is 4.84 Å². The van der Waals surface area contributed by atoms with Gasteiger partial charge < -0.3 is 5.32 Å². The van der Waals surface area contributed by atoms with Crippen molar-refractivity contribution in [2.24, 2.45) is 5.92 Å². The second-order valence-electron chi connectivity index (χ2n) is 3.19. The van der Waals surface area contributed by atoms with E-state index in [0.29, 0.717) is 5.92 Å². The highest BCUT2D eigenvalue weighted by Crippen LogP contribution is 2.23. The minimum atomic E-state index is -0.249. The predicted molar refractivity (Wildman–Crippen MR) is 54.3 cm³/mol. The van der Waals surface area contributed by atoms with Crippen molar-refractivity contribution in [2.75, 3.05) is 14.2 Å². The third-order valence-electron chi connectivity index (χ3n) is 2.21. The molecule has 14 heavy (non-hydrogen) atoms. The van der Waals surface area contributed by atoms with Gasteiger partial charge in [0, 0.05) is 13.0 Å². The molecule has 1 aliphatic rings. The second-order valence-corrected chi connectivity index (χ2v) is 3.19. The summed E-state index contributed by atoms with van der Waals surface area (Å²) in [4.78, 5) is 16.4. The number of amides is 2. The Kier molecular flexibility index (Phi) is 3.71. The van der Waals surface area contributed by atoms with E-state index in [1.54, 1.807) is 7.05 Å². The number of allylic oxidation sites excluding steroid dienone is 4. The summed E-state index contributed by atoms with van der Waals surface area (Å²) in [5.41, 5.74) is 0.884. The zero-order valence-corrected chi connectivity index (χ0v) is 8.78. The summed E-state index contributed by atoms with van der Waals surface area (Å²) in [5, 5.41) is 3.82. The van der Waals surface area contributed by atoms with Crippen LogP contribution in [0.2, 0.25) is 0 Å². The van der Waals surface area contributed by atoms with Crippen molar-refractivity contribution < 1.29 is 9.63 Å². The van der Waals surface area contributed by atoms with Crippen LogP contribution >= 0.6 is 0 Å². The molecule has 1 rings (SSSR count). The van der Waals surface area contributed by atoms with Crippen LogP contribution in [0.1, 0.15) is 13.3 Å². The Balaban J connectivity index is 2.82. The van der Waals surface area contributed by atoms with E-state index in [2.05, 4.69) is 18.3 Å². The number of hydrogen-bond donors (Lipinski definition) is 1. The SMILES string of the molecule is CNC(=O)N(OC)C1=CC=CCC1C. The van der Waals surface area contributed by atoms with Crippen molar-refractivity contribution in [1.82, 2.24) is 10.4 Å². The van der Waals surface area contributed by atoms with Gasteiger partial charge in [0.1, 0.15) is 0 Å². The number of nitrogens with zero attached hydrogens (tertiary/aromatic N) is 1. The Morgan fingerprint density at radius 2 is 2.43 bits per heavy atom. The van der Waals surface area contributed by atoms with E-state index in [-0.39, 0.29) is 6.03 Å². The van der Waals surface area contributed by atoms with Crippen LogP contribution < -0.4 is 5.32 Å². The highest BCUT2D eigenvalue weighted by molar-refractivity contribution is 5.74. The average Bonchev–Trinajstić information content (AvgIpc) is 2.21. The summed E-state index contributed by atoms with van der Waals surface area (Å²) in [6, 6.07) is -0.249. The summed E-state index contributed by atoms with van der Waals surface area (Å²) in [5.74, 6) is 0.303. The predicted octanol–water partition coefficient (Wildman–Crippen LogP) is 1.67. The lowest BCUT2D eigenvalue weighted by atomic mass is 9.99. The number of urea groups is 1. The van der Waals surface area contributed by atoms with E-state index >= 15 is 0 Å². The number of carbonyl (C=O) groups excluding carboxylic acids is 1. The third-order valence-corrected chi connectivity index (χ3v) is 2.21. The number of carbonyl (C=O) groups is 1. The number of rotatable bonds is 2. The normalized spacial score (nSPS) is 20.2. The molecule has 4 nitrogen and oxygen atoms in total. The fraction of sp³-hybridized carbons (Fsp3) is 0.500. The van der Waals surface area contributed by atoms with E-state index in [1.165, 1.54) is 12.2 Å². The second kappa shape index (κ2) is 4.81. The van der Waals surface area contributed by atoms with Gasteiger partial charge in [-0.1, -0.05) is 19.1 Å². The van der Waals surface area contributed by atoms with Crippen LogP contribution in [-0.4, -0.2) is 25.3 Å². The highest BCUT2D eigenvalue weighted by Gasteiger charge is 2.21. The maximum atomic E-state index is 11.4. The molecular formula is C10H16N2O2. The minimum Gasteiger partial charge on any atom is -0.339 e. The van der Waals surface area contributed by atoms with Gasteiger partial charge in [-0.05, 0) is 12.5 Å². The Labute approximate surface area is 84.2 Å². The maximum absolute atomic E-state index is 11.4. The van der Waals surface area contributed by atoms with Gasteiger partial charge in [-0.15, -0.1) is 0 Å². The van der Waals surface area contributed by atoms with Gasteiger partial charge in [0.05, 0.1) is 12.8 Å². The van der Waals surface area contributed by atoms with Crippen molar-refractivity contribution in [3.8, 4) is 0 Å². The van der Waals surface area contributed by atoms with Gasteiger partial charge in [-0.25, -0.2) is 4.79 Å². The first-order valence-electron chi connectivity index (χ1n) is 4.63. The van der Waals surface area contributed by atoms with Crippen molar-refractivity contribution >= 4 is 6.03 Å². The Morgan fingerprint density at radius 1 is 1.71 bits per heavy atom. The van der Waals surface area contributed by atoms with E-state index in [1.807, 2.05) is 12.2 Å². The smallest absolute Gasteiger partial charge is 0.339 e. The highest BCUT2D eigenvalue weighted by atomic mass is 16.7. The number of hydrogen-bond acceptors (Lipinski definition) is 2. The van der Waals surface area contributed by atoms with E-state index in [0.717, 1.165) is 12.1 Å². The fourth-order valence-corrected chi connectivity index (χ4v) is 1.41. The maximum Gasteiger partial charge on any atom is 0.345 e. The van der Waals surface area contributed by atoms with Crippen LogP contribution in [0.5, 0.6) is 0 Å². The number of hydroxylamine groups is 2. The molecule has 2 amide bonds. The van der Waals surface area contributed by atoms with Gasteiger partial charge in [0.2, 0.25) is 0 Å². The molecule has 0 fully saturated rings. The molecule has 0 radical (unpaired) electrons. The molecule has 0 saturated carbocycles. The summed E-state index contributed by atoms with van der Waals surface area (Å²) in [7, 11) is 3.07. The van der Waals surface area contributed by atoms with Crippen molar-refractivity contribution in [2.45, 2.75) is 13.3 Å². The largest absolute Gasteiger partial charge is 0.345 e. The van der Waals surface area contributed by atoms with Crippen LogP contribution in [0.15, 0.2) is 23.9 Å². The summed E-state index contributed by atoms with van der Waals surface area (Å²) in [6.07, 6.45) is 6.84. The molecule has 0 aromatic rings. The molecule has 4 heteroatoms. The molecule has 0 spiro atoms. The van der Waals surface area contributed by atoms with Gasteiger partial charge in [0.15, 0.2) is 0 Å². The van der Waals surface area contributed by atoms with E-state index < -0.39 is 0 Å². The van der Waals surface area contributed by atoms with Crippen LogP contribution in [0.25, 0.3) is 0 Å². The van der Waals surface area contributed by atoms with Gasteiger partial charge in [-0.2, -0.15) is 5.06 Å². The lowest BCUT2D eigenvalue weighted by molar-refractivity contribution is -0.0640. The quantitative estimate of drug-likeness (QED) is 0.682. The molecule has 1 N–H and O–H groups in total. The summed E-state index contributed by atoms with van der Waals surface area (Å²) >= 11 is 0. The molecule has 0 aromatic carbocycles. The topological polar surface area (TPSA) is 41.6 Å². The van der Waals surface area contributed by atoms with Crippen LogP contribution in [0.4, 0.5) is 4.79 Å². The zero-order chi connectivity index (χ0) is 10.6. The zero-order valence-electron chi connectivity index (χ0n) is 8.78. The Bertz CT molecular complexity index is 271. The molecule has 78 valence electrons. The van der Waals surface area contributed by atoms with E-state index in [4.69, 9.17) is 4.84 Å². The third kappa shape index (κ3) is 2.14. The van der Waals surface area contributed by atoms with Crippen LogP contribution in [-0.2, 0) is 4.84 Å². The van der Waals surface area contributed by atoms with Crippen molar-refractivity contribution in [3.05, 3.63) is 23.9 Å². The minimum absolute atomic E-state index is 0.249. The summed E-state index contributed by atoms with van der Waals surface area (Å²) < 4.78 is 0. The van der Waals surface area contributed by atoms with Crippen molar-refractivity contribution in [1.29, 1.82) is 0 Å². The summed E-state index contributed by atoms with van der Waals surface area (Å²) in [6.45, 7) is 2.06. The van der Waals surface area contributed by atoms with Gasteiger partial charge in [0.25, 0.3) is 0 Å². The molecule has 1 aliphatic carbocycles.